The van der Waals surface area contributed by atoms with E-state index in [1.807, 2.05) is 24.3 Å². The number of rotatable bonds is 5. The highest BCUT2D eigenvalue weighted by Gasteiger charge is 2.31. The molecule has 0 aliphatic carbocycles. The molecule has 6 nitrogen and oxygen atoms in total. The van der Waals surface area contributed by atoms with Crippen molar-refractivity contribution >= 4 is 11.8 Å². The minimum absolute atomic E-state index is 0.392. The van der Waals surface area contributed by atoms with Gasteiger partial charge in [-0.05, 0) is 55.8 Å². The fraction of sp³-hybridized carbons (Fsp3) is 0.238. The molecular weight excluding hydrogens is 340 g/mol. The van der Waals surface area contributed by atoms with Crippen molar-refractivity contribution in [1.82, 2.24) is 5.32 Å². The molecule has 0 bridgehead atoms. The average Bonchev–Trinajstić information content (AvgIpc) is 2.64. The number of nitrogens with one attached hydrogen (secondary N) is 1. The van der Waals surface area contributed by atoms with Gasteiger partial charge in [0.2, 0.25) is 5.91 Å². The molecule has 7 N–H and O–H groups in total. The summed E-state index contributed by atoms with van der Waals surface area (Å²) in [6.45, 7) is 3.75. The average molecular weight is 364 g/mol. The van der Waals surface area contributed by atoms with E-state index in [1.54, 1.807) is 38.1 Å². The van der Waals surface area contributed by atoms with Crippen LogP contribution in [-0.4, -0.2) is 23.4 Å². The summed E-state index contributed by atoms with van der Waals surface area (Å²) in [4.78, 5) is 23.9. The summed E-state index contributed by atoms with van der Waals surface area (Å²) in [5, 5.41) is 2.58. The van der Waals surface area contributed by atoms with Gasteiger partial charge in [-0.25, -0.2) is 0 Å². The van der Waals surface area contributed by atoms with E-state index in [0.717, 1.165) is 16.7 Å². The first-order chi connectivity index (χ1) is 12.7. The van der Waals surface area contributed by atoms with E-state index >= 15 is 0 Å². The van der Waals surface area contributed by atoms with Gasteiger partial charge >= 0.3 is 0 Å². The smallest absolute Gasteiger partial charge is 0.251 e. The van der Waals surface area contributed by atoms with Crippen molar-refractivity contribution in [2.45, 2.75) is 32.0 Å². The van der Waals surface area contributed by atoms with Crippen LogP contribution in [0.1, 0.15) is 40.9 Å². The maximum Gasteiger partial charge on any atom is 0.251 e. The van der Waals surface area contributed by atoms with Gasteiger partial charge in [-0.2, -0.15) is 0 Å². The zero-order valence-electron chi connectivity index (χ0n) is 15.5. The molecule has 140 valence electrons. The third-order valence-electron chi connectivity index (χ3n) is 3.99. The Morgan fingerprint density at radius 3 is 1.89 bits per heavy atom. The fourth-order valence-electron chi connectivity index (χ4n) is 2.41. The van der Waals surface area contributed by atoms with E-state index in [-0.39, 0.29) is 0 Å². The topological polar surface area (TPSA) is 124 Å². The highest BCUT2D eigenvalue weighted by molar-refractivity contribution is 5.97. The van der Waals surface area contributed by atoms with Crippen LogP contribution in [0.25, 0.3) is 0 Å². The van der Waals surface area contributed by atoms with Crippen molar-refractivity contribution in [3.63, 3.8) is 0 Å². The minimum Gasteiger partial charge on any atom is -0.368 e. The van der Waals surface area contributed by atoms with E-state index in [0.29, 0.717) is 12.1 Å². The number of hydrogen-bond acceptors (Lipinski definition) is 4. The van der Waals surface area contributed by atoms with Gasteiger partial charge in [0.05, 0.1) is 0 Å². The summed E-state index contributed by atoms with van der Waals surface area (Å²) in [5.74, 6) is 5.00. The molecule has 27 heavy (non-hydrogen) atoms. The minimum atomic E-state index is -0.971. The summed E-state index contributed by atoms with van der Waals surface area (Å²) in [5.41, 5.74) is 18.9. The fourth-order valence-corrected chi connectivity index (χ4v) is 2.41. The van der Waals surface area contributed by atoms with Crippen LogP contribution in [0.5, 0.6) is 0 Å². The van der Waals surface area contributed by atoms with E-state index in [1.165, 1.54) is 0 Å². The molecule has 0 aromatic heterocycles. The quantitative estimate of drug-likeness (QED) is 0.588. The zero-order chi connectivity index (χ0) is 20.0. The molecule has 2 amide bonds. The van der Waals surface area contributed by atoms with Crippen molar-refractivity contribution < 1.29 is 9.59 Å². The van der Waals surface area contributed by atoms with Gasteiger partial charge in [-0.15, -0.1) is 0 Å². The number of carbonyl (C=O) groups excluding carboxylic acids is 2. The Morgan fingerprint density at radius 1 is 1.00 bits per heavy atom. The summed E-state index contributed by atoms with van der Waals surface area (Å²) in [7, 11) is 0. The predicted molar refractivity (Wildman–Crippen MR) is 105 cm³/mol. The standard InChI is InChI=1S/C21H24N4O2/c1-21(2,24)18(19(23)26)25-20(27)17-11-9-15(10-12-17)4-3-14-5-7-16(13-22)8-6-14/h5-12,18H,13,22,24H2,1-2H3,(H2,23,26)(H,25,27). The lowest BCUT2D eigenvalue weighted by molar-refractivity contribution is -0.121. The maximum atomic E-state index is 12.3. The van der Waals surface area contributed by atoms with Crippen molar-refractivity contribution in [3.05, 3.63) is 70.8 Å². The Kier molecular flexibility index (Phi) is 6.35. The maximum absolute atomic E-state index is 12.3. The Morgan fingerprint density at radius 2 is 1.48 bits per heavy atom. The molecule has 2 aromatic carbocycles. The van der Waals surface area contributed by atoms with Crippen LogP contribution in [0.2, 0.25) is 0 Å². The van der Waals surface area contributed by atoms with E-state index < -0.39 is 23.4 Å². The Hall–Kier alpha value is -3.14. The van der Waals surface area contributed by atoms with Gasteiger partial charge in [0.25, 0.3) is 5.91 Å². The monoisotopic (exact) mass is 364 g/mol. The van der Waals surface area contributed by atoms with E-state index in [4.69, 9.17) is 17.2 Å². The SMILES string of the molecule is CC(C)(N)C(NC(=O)c1ccc(C#Cc2ccc(CN)cc2)cc1)C(N)=O. The lowest BCUT2D eigenvalue weighted by atomic mass is 9.95. The molecular formula is C21H24N4O2. The molecule has 1 unspecified atom stereocenters. The number of benzene rings is 2. The number of hydrogen-bond donors (Lipinski definition) is 4. The third-order valence-corrected chi connectivity index (χ3v) is 3.99. The molecule has 0 spiro atoms. The molecule has 0 aliphatic heterocycles. The van der Waals surface area contributed by atoms with E-state index in [2.05, 4.69) is 17.2 Å². The number of carbonyl (C=O) groups is 2. The summed E-state index contributed by atoms with van der Waals surface area (Å²) < 4.78 is 0. The van der Waals surface area contributed by atoms with Gasteiger partial charge < -0.3 is 22.5 Å². The number of amides is 2. The summed E-state index contributed by atoms with van der Waals surface area (Å²) in [6, 6.07) is 13.5. The second kappa shape index (κ2) is 8.49. The largest absolute Gasteiger partial charge is 0.368 e. The molecule has 1 atom stereocenters. The summed E-state index contributed by atoms with van der Waals surface area (Å²) >= 11 is 0. The van der Waals surface area contributed by atoms with Crippen LogP contribution in [0, 0.1) is 11.8 Å². The molecule has 0 saturated heterocycles. The first-order valence-electron chi connectivity index (χ1n) is 8.51. The lowest BCUT2D eigenvalue weighted by Crippen LogP contribution is -2.60. The van der Waals surface area contributed by atoms with Crippen molar-refractivity contribution in [3.8, 4) is 11.8 Å². The molecule has 0 aliphatic rings. The molecule has 0 saturated carbocycles. The van der Waals surface area contributed by atoms with Crippen molar-refractivity contribution in [2.75, 3.05) is 0 Å². The van der Waals surface area contributed by atoms with Crippen LogP contribution in [0.3, 0.4) is 0 Å². The van der Waals surface area contributed by atoms with Crippen LogP contribution < -0.4 is 22.5 Å². The Balaban J connectivity index is 2.09. The van der Waals surface area contributed by atoms with Crippen molar-refractivity contribution in [1.29, 1.82) is 0 Å². The highest BCUT2D eigenvalue weighted by Crippen LogP contribution is 2.09. The van der Waals surface area contributed by atoms with E-state index in [9.17, 15) is 9.59 Å². The van der Waals surface area contributed by atoms with Gasteiger partial charge in [0.1, 0.15) is 6.04 Å². The predicted octanol–water partition coefficient (Wildman–Crippen LogP) is 0.866. The second-order valence-corrected chi connectivity index (χ2v) is 6.86. The Bertz CT molecular complexity index is 870. The van der Waals surface area contributed by atoms with Gasteiger partial charge in [-0.3, -0.25) is 9.59 Å². The second-order valence-electron chi connectivity index (χ2n) is 6.86. The van der Waals surface area contributed by atoms with Crippen LogP contribution in [0.4, 0.5) is 0 Å². The molecule has 2 aromatic rings. The number of nitrogens with two attached hydrogens (primary N) is 3. The zero-order valence-corrected chi connectivity index (χ0v) is 15.5. The highest BCUT2D eigenvalue weighted by atomic mass is 16.2. The molecule has 0 radical (unpaired) electrons. The van der Waals surface area contributed by atoms with Crippen molar-refractivity contribution in [2.24, 2.45) is 17.2 Å². The molecule has 2 rings (SSSR count). The van der Waals surface area contributed by atoms with Crippen LogP contribution in [-0.2, 0) is 11.3 Å². The molecule has 6 heteroatoms. The normalized spacial score (nSPS) is 11.9. The third kappa shape index (κ3) is 5.68. The van der Waals surface area contributed by atoms with Crippen LogP contribution >= 0.6 is 0 Å². The molecule has 0 heterocycles. The summed E-state index contributed by atoms with van der Waals surface area (Å²) in [6.07, 6.45) is 0. The van der Waals surface area contributed by atoms with Crippen LogP contribution in [0.15, 0.2) is 48.5 Å². The van der Waals surface area contributed by atoms with Gasteiger partial charge in [0, 0.05) is 28.8 Å². The lowest BCUT2D eigenvalue weighted by Gasteiger charge is -2.28. The Labute approximate surface area is 159 Å². The first-order valence-corrected chi connectivity index (χ1v) is 8.51. The number of primary amides is 1. The molecule has 0 fully saturated rings. The van der Waals surface area contributed by atoms with Gasteiger partial charge in [0.15, 0.2) is 0 Å². The van der Waals surface area contributed by atoms with Gasteiger partial charge in [-0.1, -0.05) is 24.0 Å². The first kappa shape index (κ1) is 20.2.